The standard InChI is InChI=1S/C22H21Cl2F2N5O2/c23-16-9-14(3-5-17(16)25)29-20-15-8-13(4-6-18(15)27-11-28-20)30-21(32)12-2-1-7-31(10-12)22(33)19(24)26/h3-5,8-9,11-12,18-19H,1-2,6-7,10H2,(H,30,32)(H,27,28,29). The molecule has 3 unspecified atom stereocenters. The van der Waals surface area contributed by atoms with Gasteiger partial charge in [-0.25, -0.2) is 13.8 Å². The van der Waals surface area contributed by atoms with Gasteiger partial charge in [-0.3, -0.25) is 14.6 Å². The smallest absolute Gasteiger partial charge is 0.272 e. The highest BCUT2D eigenvalue weighted by Gasteiger charge is 2.32. The van der Waals surface area contributed by atoms with E-state index >= 15 is 0 Å². The number of halogens is 4. The predicted molar refractivity (Wildman–Crippen MR) is 124 cm³/mol. The van der Waals surface area contributed by atoms with E-state index < -0.39 is 23.3 Å². The van der Waals surface area contributed by atoms with Gasteiger partial charge >= 0.3 is 0 Å². The lowest BCUT2D eigenvalue weighted by molar-refractivity contribution is -0.137. The molecule has 2 N–H and O–H groups in total. The maximum absolute atomic E-state index is 13.5. The van der Waals surface area contributed by atoms with Crippen molar-refractivity contribution in [2.45, 2.75) is 30.9 Å². The molecule has 3 aliphatic rings. The SMILES string of the molecule is O=C(NC1=CCC2N=CN=C(Nc3ccc(F)c(Cl)c3)C2=C1)C1CCCN(C(=O)C(F)Cl)C1. The summed E-state index contributed by atoms with van der Waals surface area (Å²) in [6, 6.07) is 4.09. The van der Waals surface area contributed by atoms with Crippen LogP contribution in [0.4, 0.5) is 14.5 Å². The molecule has 0 bridgehead atoms. The van der Waals surface area contributed by atoms with Crippen molar-refractivity contribution >= 4 is 52.9 Å². The van der Waals surface area contributed by atoms with E-state index in [1.165, 1.54) is 23.4 Å². The minimum Gasteiger partial charge on any atom is -0.340 e. The third kappa shape index (κ3) is 5.42. The zero-order chi connectivity index (χ0) is 23.5. The fraction of sp³-hybridized carbons (Fsp3) is 0.364. The second kappa shape index (κ2) is 10.0. The van der Waals surface area contributed by atoms with Crippen molar-refractivity contribution in [2.75, 3.05) is 18.4 Å². The molecule has 2 amide bonds. The average molecular weight is 496 g/mol. The molecule has 11 heteroatoms. The molecule has 4 rings (SSSR count). The number of carbonyl (C=O) groups is 2. The molecule has 0 saturated carbocycles. The number of hydrogen-bond donors (Lipinski definition) is 2. The molecule has 3 atom stereocenters. The second-order valence-electron chi connectivity index (χ2n) is 7.92. The maximum atomic E-state index is 13.5. The second-order valence-corrected chi connectivity index (χ2v) is 8.71. The number of anilines is 1. The van der Waals surface area contributed by atoms with Gasteiger partial charge in [0, 0.05) is 30.0 Å². The molecule has 0 radical (unpaired) electrons. The zero-order valence-electron chi connectivity index (χ0n) is 17.4. The Morgan fingerprint density at radius 3 is 2.88 bits per heavy atom. The van der Waals surface area contributed by atoms with Crippen molar-refractivity contribution in [1.29, 1.82) is 0 Å². The average Bonchev–Trinajstić information content (AvgIpc) is 2.81. The number of nitrogens with zero attached hydrogens (tertiary/aromatic N) is 3. The number of benzene rings is 1. The molecule has 1 aliphatic carbocycles. The fourth-order valence-corrected chi connectivity index (χ4v) is 4.30. The van der Waals surface area contributed by atoms with E-state index in [-0.39, 0.29) is 23.5 Å². The van der Waals surface area contributed by atoms with Crippen LogP contribution in [0.5, 0.6) is 0 Å². The Kier molecular flexibility index (Phi) is 7.09. The first-order valence-electron chi connectivity index (χ1n) is 10.4. The van der Waals surface area contributed by atoms with Crippen molar-refractivity contribution < 1.29 is 18.4 Å². The van der Waals surface area contributed by atoms with E-state index in [4.69, 9.17) is 23.2 Å². The van der Waals surface area contributed by atoms with Gasteiger partial charge < -0.3 is 15.5 Å². The summed E-state index contributed by atoms with van der Waals surface area (Å²) < 4.78 is 26.6. The van der Waals surface area contributed by atoms with Gasteiger partial charge in [-0.15, -0.1) is 0 Å². The topological polar surface area (TPSA) is 86.2 Å². The summed E-state index contributed by atoms with van der Waals surface area (Å²) >= 11 is 11.1. The van der Waals surface area contributed by atoms with Crippen molar-refractivity contribution in [3.63, 3.8) is 0 Å². The predicted octanol–water partition coefficient (Wildman–Crippen LogP) is 3.80. The monoisotopic (exact) mass is 495 g/mol. The van der Waals surface area contributed by atoms with Crippen LogP contribution in [0, 0.1) is 11.7 Å². The highest BCUT2D eigenvalue weighted by Crippen LogP contribution is 2.26. The minimum atomic E-state index is -2.11. The molecule has 2 aliphatic heterocycles. The van der Waals surface area contributed by atoms with Gasteiger partial charge in [0.25, 0.3) is 11.5 Å². The van der Waals surface area contributed by atoms with Crippen LogP contribution >= 0.6 is 23.2 Å². The van der Waals surface area contributed by atoms with E-state index in [0.717, 1.165) is 5.57 Å². The van der Waals surface area contributed by atoms with Gasteiger partial charge in [0.1, 0.15) is 18.0 Å². The Bertz CT molecular complexity index is 1090. The van der Waals surface area contributed by atoms with Crippen molar-refractivity contribution in [3.05, 3.63) is 52.5 Å². The summed E-state index contributed by atoms with van der Waals surface area (Å²) in [4.78, 5) is 34.6. The normalized spacial score (nSPS) is 23.0. The number of rotatable bonds is 4. The number of likely N-dealkylation sites (tertiary alicyclic amines) is 1. The van der Waals surface area contributed by atoms with E-state index in [0.29, 0.717) is 43.0 Å². The Hall–Kier alpha value is -2.78. The van der Waals surface area contributed by atoms with Gasteiger partial charge in [0.05, 0.1) is 17.0 Å². The van der Waals surface area contributed by atoms with Crippen molar-refractivity contribution in [2.24, 2.45) is 15.9 Å². The first kappa shape index (κ1) is 23.4. The Morgan fingerprint density at radius 1 is 1.30 bits per heavy atom. The molecule has 2 heterocycles. The van der Waals surface area contributed by atoms with Crippen LogP contribution in [0.2, 0.25) is 5.02 Å². The fourth-order valence-electron chi connectivity index (χ4n) is 3.98. The number of aliphatic imine (C=N–C) groups is 2. The lowest BCUT2D eigenvalue weighted by Gasteiger charge is -2.32. The maximum Gasteiger partial charge on any atom is 0.272 e. The molecule has 33 heavy (non-hydrogen) atoms. The minimum absolute atomic E-state index is 0.0136. The number of allylic oxidation sites excluding steroid dienone is 1. The summed E-state index contributed by atoms with van der Waals surface area (Å²) in [6.45, 7) is 0.495. The third-order valence-corrected chi connectivity index (χ3v) is 6.15. The van der Waals surface area contributed by atoms with Gasteiger partial charge in [0.15, 0.2) is 0 Å². The quantitative estimate of drug-likeness (QED) is 0.622. The van der Waals surface area contributed by atoms with Crippen LogP contribution in [0.15, 0.2) is 51.6 Å². The number of amides is 2. The van der Waals surface area contributed by atoms with E-state index in [1.807, 2.05) is 6.08 Å². The number of fused-ring (bicyclic) bond motifs is 1. The van der Waals surface area contributed by atoms with Gasteiger partial charge in [-0.05, 0) is 43.5 Å². The molecule has 1 fully saturated rings. The molecule has 0 spiro atoms. The number of hydrogen-bond acceptors (Lipinski definition) is 5. The molecule has 0 aromatic heterocycles. The summed E-state index contributed by atoms with van der Waals surface area (Å²) in [6.07, 6.45) is 6.82. The summed E-state index contributed by atoms with van der Waals surface area (Å²) in [5.74, 6) is -1.54. The first-order valence-corrected chi connectivity index (χ1v) is 11.2. The van der Waals surface area contributed by atoms with Crippen LogP contribution in [-0.2, 0) is 9.59 Å². The Balaban J connectivity index is 1.44. The molecule has 1 saturated heterocycles. The van der Waals surface area contributed by atoms with Crippen molar-refractivity contribution in [1.82, 2.24) is 10.2 Å². The highest BCUT2D eigenvalue weighted by atomic mass is 35.5. The zero-order valence-corrected chi connectivity index (χ0v) is 18.9. The number of alkyl halides is 2. The van der Waals surface area contributed by atoms with Gasteiger partial charge in [-0.2, -0.15) is 0 Å². The summed E-state index contributed by atoms with van der Waals surface area (Å²) in [5.41, 5.74) is -0.201. The van der Waals surface area contributed by atoms with E-state index in [1.54, 1.807) is 12.1 Å². The lowest BCUT2D eigenvalue weighted by Crippen LogP contribution is -2.47. The lowest BCUT2D eigenvalue weighted by atomic mass is 9.94. The molecule has 174 valence electrons. The number of piperidine rings is 1. The third-order valence-electron chi connectivity index (χ3n) is 5.68. The van der Waals surface area contributed by atoms with Crippen LogP contribution < -0.4 is 10.6 Å². The highest BCUT2D eigenvalue weighted by molar-refractivity contribution is 6.31. The molecular weight excluding hydrogens is 475 g/mol. The number of nitrogens with one attached hydrogen (secondary N) is 2. The molecule has 7 nitrogen and oxygen atoms in total. The first-order chi connectivity index (χ1) is 15.8. The summed E-state index contributed by atoms with van der Waals surface area (Å²) in [7, 11) is 0. The molecular formula is C22H21Cl2F2N5O2. The van der Waals surface area contributed by atoms with E-state index in [9.17, 15) is 18.4 Å². The molecule has 1 aromatic rings. The van der Waals surface area contributed by atoms with Crippen LogP contribution in [-0.4, -0.2) is 53.7 Å². The van der Waals surface area contributed by atoms with Crippen LogP contribution in [0.1, 0.15) is 19.3 Å². The van der Waals surface area contributed by atoms with E-state index in [2.05, 4.69) is 20.6 Å². The number of amidine groups is 1. The van der Waals surface area contributed by atoms with Crippen LogP contribution in [0.25, 0.3) is 0 Å². The summed E-state index contributed by atoms with van der Waals surface area (Å²) in [5, 5.41) is 5.99. The number of carbonyl (C=O) groups excluding carboxylic acids is 2. The Labute approximate surface area is 199 Å². The molecule has 1 aromatic carbocycles. The Morgan fingerprint density at radius 2 is 2.12 bits per heavy atom. The largest absolute Gasteiger partial charge is 0.340 e. The van der Waals surface area contributed by atoms with Gasteiger partial charge in [-0.1, -0.05) is 29.3 Å². The van der Waals surface area contributed by atoms with Crippen LogP contribution in [0.3, 0.4) is 0 Å². The van der Waals surface area contributed by atoms with Gasteiger partial charge in [0.2, 0.25) is 5.91 Å². The van der Waals surface area contributed by atoms with Crippen molar-refractivity contribution in [3.8, 4) is 0 Å².